The van der Waals surface area contributed by atoms with Crippen LogP contribution in [-0.2, 0) is 6.18 Å². The van der Waals surface area contributed by atoms with Crippen molar-refractivity contribution in [1.29, 1.82) is 5.26 Å². The van der Waals surface area contributed by atoms with Gasteiger partial charge in [-0.1, -0.05) is 11.6 Å². The number of hydrogen-bond donors (Lipinski definition) is 2. The molecule has 1 fully saturated rings. The number of hydrogen-bond acceptors (Lipinski definition) is 5. The Morgan fingerprint density at radius 2 is 1.97 bits per heavy atom. The van der Waals surface area contributed by atoms with Crippen LogP contribution in [0.5, 0.6) is 0 Å². The highest BCUT2D eigenvalue weighted by atomic mass is 35.5. The lowest BCUT2D eigenvalue weighted by Crippen LogP contribution is -2.35. The molecule has 0 saturated heterocycles. The second-order valence-electron chi connectivity index (χ2n) is 8.53. The molecular weight excluding hydrogens is 497 g/mol. The van der Waals surface area contributed by atoms with Gasteiger partial charge in [-0.05, 0) is 56.4 Å². The van der Waals surface area contributed by atoms with Crippen molar-refractivity contribution in [3.05, 3.63) is 69.8 Å². The summed E-state index contributed by atoms with van der Waals surface area (Å²) in [4.78, 5) is 30.1. The fourth-order valence-corrected chi connectivity index (χ4v) is 3.98. The molecule has 1 aromatic carbocycles. The number of aromatic nitrogens is 3. The number of carbonyl (C=O) groups is 2. The van der Waals surface area contributed by atoms with Crippen molar-refractivity contribution in [2.24, 2.45) is 5.92 Å². The van der Waals surface area contributed by atoms with E-state index in [1.54, 1.807) is 6.92 Å². The predicted molar refractivity (Wildman–Crippen MR) is 125 cm³/mol. The number of anilines is 1. The monoisotopic (exact) mass is 516 g/mol. The summed E-state index contributed by atoms with van der Waals surface area (Å²) >= 11 is 6.10. The first kappa shape index (κ1) is 25.2. The number of rotatable bonds is 6. The average molecular weight is 517 g/mol. The van der Waals surface area contributed by atoms with Crippen LogP contribution in [0.3, 0.4) is 0 Å². The number of halogens is 4. The molecule has 2 amide bonds. The second kappa shape index (κ2) is 9.62. The maximum atomic E-state index is 13.5. The molecule has 4 rings (SSSR count). The lowest BCUT2D eigenvalue weighted by atomic mass is 10.0. The van der Waals surface area contributed by atoms with E-state index >= 15 is 0 Å². The van der Waals surface area contributed by atoms with Crippen molar-refractivity contribution in [3.8, 4) is 11.8 Å². The van der Waals surface area contributed by atoms with Gasteiger partial charge in [0.15, 0.2) is 5.69 Å². The van der Waals surface area contributed by atoms with E-state index in [0.29, 0.717) is 17.5 Å². The third-order valence-electron chi connectivity index (χ3n) is 5.85. The summed E-state index contributed by atoms with van der Waals surface area (Å²) in [5.74, 6) is -1.11. The van der Waals surface area contributed by atoms with Crippen molar-refractivity contribution in [2.75, 3.05) is 5.32 Å². The number of aryl methyl sites for hydroxylation is 1. The third kappa shape index (κ3) is 5.18. The summed E-state index contributed by atoms with van der Waals surface area (Å²) < 4.78 is 41.2. The quantitative estimate of drug-likeness (QED) is 0.484. The minimum Gasteiger partial charge on any atom is -0.349 e. The van der Waals surface area contributed by atoms with Gasteiger partial charge in [0.2, 0.25) is 0 Å². The van der Waals surface area contributed by atoms with Crippen LogP contribution in [0.4, 0.5) is 18.9 Å². The Balaban J connectivity index is 1.75. The van der Waals surface area contributed by atoms with E-state index in [0.717, 1.165) is 17.5 Å². The standard InChI is InChI=1S/C24H20ClF3N6O2/c1-12-7-14(10-29)8-16(22(35)31-13(2)15-3-4-15)21(12)32-23(36)19-9-20(24(26,27)28)33-34(19)18-5-6-30-11-17(18)25/h5-9,11,13,15H,3-4H2,1-2H3,(H,31,35)(H,32,36). The molecule has 186 valence electrons. The number of nitrogens with one attached hydrogen (secondary N) is 2. The highest BCUT2D eigenvalue weighted by Gasteiger charge is 2.37. The summed E-state index contributed by atoms with van der Waals surface area (Å²) in [5.41, 5.74) is -1.07. The first-order valence-electron chi connectivity index (χ1n) is 10.9. The van der Waals surface area contributed by atoms with Crippen molar-refractivity contribution in [3.63, 3.8) is 0 Å². The van der Waals surface area contributed by atoms with Gasteiger partial charge in [0, 0.05) is 24.5 Å². The molecule has 3 aromatic rings. The maximum absolute atomic E-state index is 13.5. The third-order valence-corrected chi connectivity index (χ3v) is 6.14. The molecule has 1 atom stereocenters. The van der Waals surface area contributed by atoms with Crippen LogP contribution in [0.2, 0.25) is 5.02 Å². The zero-order valence-corrected chi connectivity index (χ0v) is 19.9. The SMILES string of the molecule is Cc1cc(C#N)cc(C(=O)NC(C)C2CC2)c1NC(=O)c1cc(C(F)(F)F)nn1-c1ccncc1Cl. The molecule has 2 N–H and O–H groups in total. The molecule has 1 unspecified atom stereocenters. The van der Waals surface area contributed by atoms with Crippen molar-refractivity contribution in [2.45, 2.75) is 38.9 Å². The van der Waals surface area contributed by atoms with E-state index < -0.39 is 29.4 Å². The van der Waals surface area contributed by atoms with E-state index in [4.69, 9.17) is 11.6 Å². The number of alkyl halides is 3. The van der Waals surface area contributed by atoms with Crippen LogP contribution in [0, 0.1) is 24.2 Å². The molecule has 0 spiro atoms. The van der Waals surface area contributed by atoms with Gasteiger partial charge in [-0.15, -0.1) is 0 Å². The van der Waals surface area contributed by atoms with Crippen LogP contribution in [0.15, 0.2) is 36.7 Å². The summed E-state index contributed by atoms with van der Waals surface area (Å²) in [5, 5.41) is 18.3. The van der Waals surface area contributed by atoms with Gasteiger partial charge in [-0.2, -0.15) is 23.5 Å². The van der Waals surface area contributed by atoms with Crippen molar-refractivity contribution in [1.82, 2.24) is 20.1 Å². The van der Waals surface area contributed by atoms with E-state index in [2.05, 4.69) is 20.7 Å². The molecule has 0 aliphatic heterocycles. The molecule has 12 heteroatoms. The smallest absolute Gasteiger partial charge is 0.349 e. The number of carbonyl (C=O) groups excluding carboxylic acids is 2. The Morgan fingerprint density at radius 3 is 2.58 bits per heavy atom. The van der Waals surface area contributed by atoms with Crippen LogP contribution in [-0.4, -0.2) is 32.6 Å². The number of nitrogens with zero attached hydrogens (tertiary/aromatic N) is 4. The van der Waals surface area contributed by atoms with Gasteiger partial charge in [0.1, 0.15) is 5.69 Å². The van der Waals surface area contributed by atoms with Crippen LogP contribution in [0.1, 0.15) is 57.4 Å². The number of amides is 2. The Hall–Kier alpha value is -3.91. The zero-order valence-electron chi connectivity index (χ0n) is 19.2. The number of nitriles is 1. The number of pyridine rings is 1. The van der Waals surface area contributed by atoms with Crippen LogP contribution < -0.4 is 10.6 Å². The highest BCUT2D eigenvalue weighted by Crippen LogP contribution is 2.34. The second-order valence-corrected chi connectivity index (χ2v) is 8.94. The van der Waals surface area contributed by atoms with E-state index in [9.17, 15) is 28.0 Å². The molecule has 2 heterocycles. The van der Waals surface area contributed by atoms with Gasteiger partial charge in [-0.3, -0.25) is 14.6 Å². The largest absolute Gasteiger partial charge is 0.435 e. The Labute approximate surface area is 209 Å². The first-order valence-corrected chi connectivity index (χ1v) is 11.3. The summed E-state index contributed by atoms with van der Waals surface area (Å²) in [7, 11) is 0. The Morgan fingerprint density at radius 1 is 1.25 bits per heavy atom. The van der Waals surface area contributed by atoms with Gasteiger partial charge in [0.25, 0.3) is 11.8 Å². The number of benzene rings is 1. The topological polar surface area (TPSA) is 113 Å². The molecule has 0 radical (unpaired) electrons. The molecule has 1 saturated carbocycles. The molecule has 2 aromatic heterocycles. The summed E-state index contributed by atoms with van der Waals surface area (Å²) in [6.07, 6.45) is -0.335. The molecule has 36 heavy (non-hydrogen) atoms. The minimum atomic E-state index is -4.83. The van der Waals surface area contributed by atoms with E-state index in [1.165, 1.54) is 30.6 Å². The highest BCUT2D eigenvalue weighted by molar-refractivity contribution is 6.32. The molecular formula is C24H20ClF3N6O2. The lowest BCUT2D eigenvalue weighted by Gasteiger charge is -2.18. The fourth-order valence-electron chi connectivity index (χ4n) is 3.78. The summed E-state index contributed by atoms with van der Waals surface area (Å²) in [6, 6.07) is 6.56. The van der Waals surface area contributed by atoms with Gasteiger partial charge in [-0.25, -0.2) is 4.68 Å². The van der Waals surface area contributed by atoms with E-state index in [1.807, 2.05) is 13.0 Å². The molecule has 0 bridgehead atoms. The van der Waals surface area contributed by atoms with Gasteiger partial charge < -0.3 is 10.6 Å². The predicted octanol–water partition coefficient (Wildman–Crippen LogP) is 4.90. The lowest BCUT2D eigenvalue weighted by molar-refractivity contribution is -0.141. The zero-order chi connectivity index (χ0) is 26.2. The van der Waals surface area contributed by atoms with Gasteiger partial charge >= 0.3 is 6.18 Å². The fraction of sp³-hybridized carbons (Fsp3) is 0.292. The van der Waals surface area contributed by atoms with E-state index in [-0.39, 0.29) is 33.6 Å². The molecule has 1 aliphatic rings. The van der Waals surface area contributed by atoms with Crippen molar-refractivity contribution >= 4 is 29.1 Å². The average Bonchev–Trinajstić information content (AvgIpc) is 3.57. The van der Waals surface area contributed by atoms with Crippen LogP contribution in [0.25, 0.3) is 5.69 Å². The first-order chi connectivity index (χ1) is 17.0. The molecule has 8 nitrogen and oxygen atoms in total. The minimum absolute atomic E-state index is 0.0140. The maximum Gasteiger partial charge on any atom is 0.435 e. The van der Waals surface area contributed by atoms with Crippen LogP contribution >= 0.6 is 11.6 Å². The Kier molecular flexibility index (Phi) is 6.73. The molecule has 1 aliphatic carbocycles. The normalized spacial score (nSPS) is 14.1. The van der Waals surface area contributed by atoms with Crippen molar-refractivity contribution < 1.29 is 22.8 Å². The summed E-state index contributed by atoms with van der Waals surface area (Å²) in [6.45, 7) is 3.44. The Bertz CT molecular complexity index is 1390. The van der Waals surface area contributed by atoms with Gasteiger partial charge in [0.05, 0.1) is 33.6 Å².